The van der Waals surface area contributed by atoms with Crippen LogP contribution in [0, 0.1) is 0 Å². The minimum absolute atomic E-state index is 0.0986. The second-order valence-corrected chi connectivity index (χ2v) is 3.77. The van der Waals surface area contributed by atoms with Crippen LogP contribution in [-0.2, 0) is 4.79 Å². The highest BCUT2D eigenvalue weighted by Gasteiger charge is 2.09. The van der Waals surface area contributed by atoms with Crippen molar-refractivity contribution in [3.05, 3.63) is 54.5 Å². The lowest BCUT2D eigenvalue weighted by Gasteiger charge is -2.04. The van der Waals surface area contributed by atoms with Gasteiger partial charge in [0.05, 0.1) is 12.7 Å². The normalized spacial score (nSPS) is 9.89. The van der Waals surface area contributed by atoms with Crippen molar-refractivity contribution in [3.8, 4) is 5.75 Å². The van der Waals surface area contributed by atoms with Crippen molar-refractivity contribution in [2.45, 2.75) is 6.42 Å². The molecule has 1 heterocycles. The topological polar surface area (TPSA) is 68.5 Å². The van der Waals surface area contributed by atoms with Crippen LogP contribution in [0.1, 0.15) is 17.0 Å². The van der Waals surface area contributed by atoms with E-state index in [4.69, 9.17) is 9.15 Å². The highest BCUT2D eigenvalue weighted by atomic mass is 16.5. The molecule has 2 rings (SSSR count). The quantitative estimate of drug-likeness (QED) is 0.658. The van der Waals surface area contributed by atoms with E-state index in [1.807, 2.05) is 6.07 Å². The zero-order valence-electron chi connectivity index (χ0n) is 10.2. The molecule has 0 bridgehead atoms. The average molecular weight is 259 g/mol. The summed E-state index contributed by atoms with van der Waals surface area (Å²) in [5.41, 5.74) is 0. The number of esters is 1. The molecule has 0 atom stereocenters. The molecular weight excluding hydrogens is 246 g/mol. The van der Waals surface area contributed by atoms with Crippen molar-refractivity contribution in [2.75, 3.05) is 6.54 Å². The lowest BCUT2D eigenvalue weighted by Crippen LogP contribution is -2.26. The molecule has 2 aromatic rings. The van der Waals surface area contributed by atoms with Crippen molar-refractivity contribution in [1.29, 1.82) is 0 Å². The Labute approximate surface area is 110 Å². The van der Waals surface area contributed by atoms with E-state index in [2.05, 4.69) is 5.32 Å². The zero-order chi connectivity index (χ0) is 13.5. The Morgan fingerprint density at radius 2 is 1.89 bits per heavy atom. The molecule has 1 N–H and O–H groups in total. The van der Waals surface area contributed by atoms with Gasteiger partial charge in [0.25, 0.3) is 5.91 Å². The predicted octanol–water partition coefficient (Wildman–Crippen LogP) is 2.01. The molecule has 0 aliphatic heterocycles. The Balaban J connectivity index is 1.71. The van der Waals surface area contributed by atoms with E-state index >= 15 is 0 Å². The SMILES string of the molecule is O=C(CCNC(=O)c1ccco1)Oc1ccccc1. The van der Waals surface area contributed by atoms with Gasteiger partial charge < -0.3 is 14.5 Å². The van der Waals surface area contributed by atoms with Crippen LogP contribution in [0.5, 0.6) is 5.75 Å². The van der Waals surface area contributed by atoms with E-state index < -0.39 is 5.97 Å². The molecule has 1 aromatic heterocycles. The molecule has 0 radical (unpaired) electrons. The van der Waals surface area contributed by atoms with Crippen molar-refractivity contribution in [3.63, 3.8) is 0 Å². The Morgan fingerprint density at radius 3 is 2.58 bits per heavy atom. The molecule has 0 aliphatic carbocycles. The number of carbonyl (C=O) groups is 2. The Morgan fingerprint density at radius 1 is 1.11 bits per heavy atom. The summed E-state index contributed by atoms with van der Waals surface area (Å²) in [5.74, 6) is -0.0373. The van der Waals surface area contributed by atoms with E-state index in [1.54, 1.807) is 36.4 Å². The molecule has 0 saturated heterocycles. The summed E-state index contributed by atoms with van der Waals surface area (Å²) in [6.07, 6.45) is 1.51. The number of rotatable bonds is 5. The van der Waals surface area contributed by atoms with Crippen molar-refractivity contribution < 1.29 is 18.7 Å². The largest absolute Gasteiger partial charge is 0.459 e. The first-order valence-corrected chi connectivity index (χ1v) is 5.83. The smallest absolute Gasteiger partial charge is 0.312 e. The van der Waals surface area contributed by atoms with Gasteiger partial charge in [-0.05, 0) is 24.3 Å². The number of amides is 1. The molecule has 98 valence electrons. The van der Waals surface area contributed by atoms with Crippen LogP contribution in [0.2, 0.25) is 0 Å². The Bertz CT molecular complexity index is 534. The number of ether oxygens (including phenoxy) is 1. The fourth-order valence-electron chi connectivity index (χ4n) is 1.44. The summed E-state index contributed by atoms with van der Waals surface area (Å²) in [6, 6.07) is 12.0. The Kier molecular flexibility index (Phi) is 4.34. The van der Waals surface area contributed by atoms with Crippen molar-refractivity contribution in [2.24, 2.45) is 0 Å². The fraction of sp³-hybridized carbons (Fsp3) is 0.143. The van der Waals surface area contributed by atoms with E-state index in [1.165, 1.54) is 6.26 Å². The van der Waals surface area contributed by atoms with Gasteiger partial charge in [-0.3, -0.25) is 9.59 Å². The number of hydrogen-bond acceptors (Lipinski definition) is 4. The van der Waals surface area contributed by atoms with Gasteiger partial charge in [0.2, 0.25) is 0 Å². The molecule has 0 unspecified atom stereocenters. The highest BCUT2D eigenvalue weighted by molar-refractivity contribution is 5.91. The standard InChI is InChI=1S/C14H13NO4/c16-13(19-11-5-2-1-3-6-11)8-9-15-14(17)12-7-4-10-18-12/h1-7,10H,8-9H2,(H,15,17). The van der Waals surface area contributed by atoms with E-state index in [0.717, 1.165) is 0 Å². The summed E-state index contributed by atoms with van der Waals surface area (Å²) in [6.45, 7) is 0.200. The maximum absolute atomic E-state index is 11.5. The van der Waals surface area contributed by atoms with Crippen LogP contribution in [0.4, 0.5) is 0 Å². The minimum atomic E-state index is -0.397. The molecule has 0 fully saturated rings. The fourth-order valence-corrected chi connectivity index (χ4v) is 1.44. The summed E-state index contributed by atoms with van der Waals surface area (Å²) < 4.78 is 9.99. The lowest BCUT2D eigenvalue weighted by atomic mass is 10.3. The third kappa shape index (κ3) is 3.99. The number of para-hydroxylation sites is 1. The third-order valence-corrected chi connectivity index (χ3v) is 2.33. The first-order valence-electron chi connectivity index (χ1n) is 5.83. The molecule has 0 saturated carbocycles. The first kappa shape index (κ1) is 12.9. The van der Waals surface area contributed by atoms with Gasteiger partial charge in [-0.1, -0.05) is 18.2 Å². The number of furan rings is 1. The van der Waals surface area contributed by atoms with Crippen LogP contribution in [0.3, 0.4) is 0 Å². The van der Waals surface area contributed by atoms with Crippen LogP contribution in [0.15, 0.2) is 53.1 Å². The molecular formula is C14H13NO4. The summed E-state index contributed by atoms with van der Waals surface area (Å²) in [5, 5.41) is 2.57. The van der Waals surface area contributed by atoms with Crippen LogP contribution in [0.25, 0.3) is 0 Å². The summed E-state index contributed by atoms with van der Waals surface area (Å²) in [4.78, 5) is 23.0. The zero-order valence-corrected chi connectivity index (χ0v) is 10.2. The molecule has 1 aromatic carbocycles. The third-order valence-electron chi connectivity index (χ3n) is 2.33. The summed E-state index contributed by atoms with van der Waals surface area (Å²) >= 11 is 0. The van der Waals surface area contributed by atoms with Crippen molar-refractivity contribution >= 4 is 11.9 Å². The van der Waals surface area contributed by atoms with Gasteiger partial charge in [-0.2, -0.15) is 0 Å². The second kappa shape index (κ2) is 6.39. The molecule has 1 amide bonds. The molecule has 0 aliphatic rings. The Hall–Kier alpha value is -2.56. The molecule has 0 spiro atoms. The molecule has 5 nitrogen and oxygen atoms in total. The van der Waals surface area contributed by atoms with E-state index in [-0.39, 0.29) is 24.6 Å². The van der Waals surface area contributed by atoms with Crippen LogP contribution >= 0.6 is 0 Å². The van der Waals surface area contributed by atoms with E-state index in [9.17, 15) is 9.59 Å². The molecule has 5 heteroatoms. The first-order chi connectivity index (χ1) is 9.25. The monoisotopic (exact) mass is 259 g/mol. The highest BCUT2D eigenvalue weighted by Crippen LogP contribution is 2.08. The maximum Gasteiger partial charge on any atom is 0.312 e. The van der Waals surface area contributed by atoms with Crippen LogP contribution in [-0.4, -0.2) is 18.4 Å². The van der Waals surface area contributed by atoms with Gasteiger partial charge in [0, 0.05) is 6.54 Å². The number of nitrogens with one attached hydrogen (secondary N) is 1. The number of carbonyl (C=O) groups excluding carboxylic acids is 2. The summed E-state index contributed by atoms with van der Waals surface area (Å²) in [7, 11) is 0. The average Bonchev–Trinajstić information content (AvgIpc) is 2.93. The van der Waals surface area contributed by atoms with E-state index in [0.29, 0.717) is 5.75 Å². The van der Waals surface area contributed by atoms with Gasteiger partial charge in [-0.25, -0.2) is 0 Å². The second-order valence-electron chi connectivity index (χ2n) is 3.77. The number of hydrogen-bond donors (Lipinski definition) is 1. The van der Waals surface area contributed by atoms with Gasteiger partial charge >= 0.3 is 5.97 Å². The predicted molar refractivity (Wildman–Crippen MR) is 67.7 cm³/mol. The maximum atomic E-state index is 11.5. The van der Waals surface area contributed by atoms with Gasteiger partial charge in [0.1, 0.15) is 5.75 Å². The minimum Gasteiger partial charge on any atom is -0.459 e. The van der Waals surface area contributed by atoms with Crippen molar-refractivity contribution in [1.82, 2.24) is 5.32 Å². The van der Waals surface area contributed by atoms with Crippen LogP contribution < -0.4 is 10.1 Å². The lowest BCUT2D eigenvalue weighted by molar-refractivity contribution is -0.134. The van der Waals surface area contributed by atoms with Gasteiger partial charge in [0.15, 0.2) is 5.76 Å². The molecule has 19 heavy (non-hydrogen) atoms. The number of benzene rings is 1. The van der Waals surface area contributed by atoms with Gasteiger partial charge in [-0.15, -0.1) is 0 Å².